The molecular formula is C12H16FNO2. The fourth-order valence-electron chi connectivity index (χ4n) is 1.55. The molecule has 0 fully saturated rings. The van der Waals surface area contributed by atoms with E-state index in [1.807, 2.05) is 6.92 Å². The van der Waals surface area contributed by atoms with Crippen LogP contribution in [0.5, 0.6) is 0 Å². The molecule has 0 aliphatic rings. The highest BCUT2D eigenvalue weighted by Gasteiger charge is 2.14. The van der Waals surface area contributed by atoms with Gasteiger partial charge in [0.15, 0.2) is 0 Å². The first-order valence-corrected chi connectivity index (χ1v) is 5.23. The Labute approximate surface area is 94.3 Å². The van der Waals surface area contributed by atoms with E-state index < -0.39 is 12.0 Å². The van der Waals surface area contributed by atoms with Crippen molar-refractivity contribution in [1.29, 1.82) is 0 Å². The molecule has 0 bridgehead atoms. The van der Waals surface area contributed by atoms with E-state index in [9.17, 15) is 9.18 Å². The Balaban J connectivity index is 2.55. The number of carbonyl (C=O) groups is 1. The molecule has 2 N–H and O–H groups in total. The predicted octanol–water partition coefficient (Wildman–Crippen LogP) is 1.82. The average Bonchev–Trinajstić information content (AvgIpc) is 2.21. The van der Waals surface area contributed by atoms with Gasteiger partial charge in [0.2, 0.25) is 0 Å². The molecule has 0 aromatic heterocycles. The van der Waals surface area contributed by atoms with Crippen molar-refractivity contribution in [2.24, 2.45) is 0 Å². The summed E-state index contributed by atoms with van der Waals surface area (Å²) >= 11 is 0. The van der Waals surface area contributed by atoms with Crippen molar-refractivity contribution in [1.82, 2.24) is 5.32 Å². The normalized spacial score (nSPS) is 14.4. The summed E-state index contributed by atoms with van der Waals surface area (Å²) in [5.41, 5.74) is 0.597. The van der Waals surface area contributed by atoms with Crippen LogP contribution in [0.4, 0.5) is 4.39 Å². The van der Waals surface area contributed by atoms with Gasteiger partial charge < -0.3 is 10.4 Å². The highest BCUT2D eigenvalue weighted by Crippen LogP contribution is 2.09. The van der Waals surface area contributed by atoms with Crippen LogP contribution in [0.1, 0.15) is 19.4 Å². The SMILES string of the molecule is CC(Cc1ccccc1F)NC(C)C(=O)O. The molecule has 2 atom stereocenters. The van der Waals surface area contributed by atoms with Crippen LogP contribution in [0.2, 0.25) is 0 Å². The number of hydrogen-bond donors (Lipinski definition) is 2. The largest absolute Gasteiger partial charge is 0.480 e. The Morgan fingerprint density at radius 1 is 1.44 bits per heavy atom. The molecule has 0 saturated carbocycles. The topological polar surface area (TPSA) is 49.3 Å². The van der Waals surface area contributed by atoms with Gasteiger partial charge in [-0.05, 0) is 31.9 Å². The zero-order valence-electron chi connectivity index (χ0n) is 9.40. The number of rotatable bonds is 5. The van der Waals surface area contributed by atoms with Crippen LogP contribution < -0.4 is 5.32 Å². The zero-order valence-corrected chi connectivity index (χ0v) is 9.40. The van der Waals surface area contributed by atoms with Crippen molar-refractivity contribution in [2.75, 3.05) is 0 Å². The van der Waals surface area contributed by atoms with Crippen molar-refractivity contribution in [3.8, 4) is 0 Å². The minimum absolute atomic E-state index is 0.0806. The van der Waals surface area contributed by atoms with Crippen molar-refractivity contribution >= 4 is 5.97 Å². The molecule has 0 amide bonds. The number of nitrogens with one attached hydrogen (secondary N) is 1. The first kappa shape index (κ1) is 12.6. The second-order valence-electron chi connectivity index (χ2n) is 3.92. The summed E-state index contributed by atoms with van der Waals surface area (Å²) in [5, 5.41) is 11.6. The Morgan fingerprint density at radius 2 is 2.06 bits per heavy atom. The summed E-state index contributed by atoms with van der Waals surface area (Å²) in [6.45, 7) is 3.41. The standard InChI is InChI=1S/C12H16FNO2/c1-8(14-9(2)12(15)16)7-10-5-3-4-6-11(10)13/h3-6,8-9,14H,7H2,1-2H3,(H,15,16). The van der Waals surface area contributed by atoms with Crippen molar-refractivity contribution in [3.63, 3.8) is 0 Å². The minimum atomic E-state index is -0.902. The molecule has 16 heavy (non-hydrogen) atoms. The lowest BCUT2D eigenvalue weighted by molar-refractivity contribution is -0.139. The minimum Gasteiger partial charge on any atom is -0.480 e. The van der Waals surface area contributed by atoms with Gasteiger partial charge in [-0.25, -0.2) is 4.39 Å². The maximum atomic E-state index is 13.3. The first-order valence-electron chi connectivity index (χ1n) is 5.23. The van der Waals surface area contributed by atoms with Gasteiger partial charge in [-0.15, -0.1) is 0 Å². The third-order valence-corrected chi connectivity index (χ3v) is 2.39. The third-order valence-electron chi connectivity index (χ3n) is 2.39. The monoisotopic (exact) mass is 225 g/mol. The summed E-state index contributed by atoms with van der Waals surface area (Å²) < 4.78 is 13.3. The molecule has 0 saturated heterocycles. The maximum Gasteiger partial charge on any atom is 0.320 e. The van der Waals surface area contributed by atoms with Gasteiger partial charge in [0.1, 0.15) is 11.9 Å². The van der Waals surface area contributed by atoms with Crippen molar-refractivity contribution < 1.29 is 14.3 Å². The van der Waals surface area contributed by atoms with E-state index in [2.05, 4.69) is 5.32 Å². The smallest absolute Gasteiger partial charge is 0.320 e. The van der Waals surface area contributed by atoms with Crippen LogP contribution in [0.25, 0.3) is 0 Å². The fourth-order valence-corrected chi connectivity index (χ4v) is 1.55. The molecule has 2 unspecified atom stereocenters. The van der Waals surface area contributed by atoms with E-state index in [0.717, 1.165) is 0 Å². The number of halogens is 1. The second kappa shape index (κ2) is 5.61. The summed E-state index contributed by atoms with van der Waals surface area (Å²) in [7, 11) is 0. The van der Waals surface area contributed by atoms with E-state index in [1.54, 1.807) is 25.1 Å². The lowest BCUT2D eigenvalue weighted by Gasteiger charge is -2.17. The second-order valence-corrected chi connectivity index (χ2v) is 3.92. The van der Waals surface area contributed by atoms with Crippen molar-refractivity contribution in [3.05, 3.63) is 35.6 Å². The summed E-state index contributed by atoms with van der Waals surface area (Å²) in [5.74, 6) is -1.15. The maximum absolute atomic E-state index is 13.3. The van der Waals surface area contributed by atoms with Crippen LogP contribution in [-0.4, -0.2) is 23.2 Å². The molecule has 4 heteroatoms. The van der Waals surface area contributed by atoms with Crippen molar-refractivity contribution in [2.45, 2.75) is 32.4 Å². The van der Waals surface area contributed by atoms with Gasteiger partial charge >= 0.3 is 5.97 Å². The van der Waals surface area contributed by atoms with Gasteiger partial charge in [0.25, 0.3) is 0 Å². The number of benzene rings is 1. The molecule has 1 aromatic carbocycles. The fraction of sp³-hybridized carbons (Fsp3) is 0.417. The van der Waals surface area contributed by atoms with Gasteiger partial charge in [-0.3, -0.25) is 4.79 Å². The zero-order chi connectivity index (χ0) is 12.1. The number of carboxylic acid groups (broad SMARTS) is 1. The summed E-state index contributed by atoms with van der Waals surface area (Å²) in [4.78, 5) is 10.6. The van der Waals surface area contributed by atoms with Crippen LogP contribution >= 0.6 is 0 Å². The molecule has 0 radical (unpaired) electrons. The van der Waals surface area contributed by atoms with E-state index in [-0.39, 0.29) is 11.9 Å². The summed E-state index contributed by atoms with van der Waals surface area (Å²) in [6.07, 6.45) is 0.476. The Bertz CT molecular complexity index is 368. The Morgan fingerprint density at radius 3 is 2.62 bits per heavy atom. The molecule has 3 nitrogen and oxygen atoms in total. The molecule has 0 spiro atoms. The van der Waals surface area contributed by atoms with Crippen LogP contribution in [0, 0.1) is 5.82 Å². The summed E-state index contributed by atoms with van der Waals surface area (Å²) in [6, 6.07) is 5.81. The van der Waals surface area contributed by atoms with E-state index in [0.29, 0.717) is 12.0 Å². The highest BCUT2D eigenvalue weighted by atomic mass is 19.1. The van der Waals surface area contributed by atoms with Crippen LogP contribution in [0.3, 0.4) is 0 Å². The first-order chi connectivity index (χ1) is 7.50. The Kier molecular flexibility index (Phi) is 4.43. The molecule has 0 heterocycles. The van der Waals surface area contributed by atoms with Gasteiger partial charge in [-0.1, -0.05) is 18.2 Å². The lowest BCUT2D eigenvalue weighted by atomic mass is 10.1. The average molecular weight is 225 g/mol. The van der Waals surface area contributed by atoms with Gasteiger partial charge in [0, 0.05) is 6.04 Å². The lowest BCUT2D eigenvalue weighted by Crippen LogP contribution is -2.40. The molecule has 0 aliphatic heterocycles. The van der Waals surface area contributed by atoms with Gasteiger partial charge in [0.05, 0.1) is 0 Å². The van der Waals surface area contributed by atoms with E-state index in [4.69, 9.17) is 5.11 Å². The number of carboxylic acids is 1. The van der Waals surface area contributed by atoms with Gasteiger partial charge in [-0.2, -0.15) is 0 Å². The number of aliphatic carboxylic acids is 1. The third kappa shape index (κ3) is 3.62. The van der Waals surface area contributed by atoms with Crippen LogP contribution in [0.15, 0.2) is 24.3 Å². The van der Waals surface area contributed by atoms with Crippen LogP contribution in [-0.2, 0) is 11.2 Å². The molecular weight excluding hydrogens is 209 g/mol. The van der Waals surface area contributed by atoms with E-state index >= 15 is 0 Å². The Hall–Kier alpha value is -1.42. The molecule has 1 aromatic rings. The molecule has 0 aliphatic carbocycles. The highest BCUT2D eigenvalue weighted by molar-refractivity contribution is 5.72. The molecule has 88 valence electrons. The number of hydrogen-bond acceptors (Lipinski definition) is 2. The quantitative estimate of drug-likeness (QED) is 0.803. The predicted molar refractivity (Wildman–Crippen MR) is 59.8 cm³/mol. The van der Waals surface area contributed by atoms with E-state index in [1.165, 1.54) is 6.07 Å². The molecule has 1 rings (SSSR count).